The summed E-state index contributed by atoms with van der Waals surface area (Å²) in [5.41, 5.74) is 1.61. The molecular weight excluding hydrogens is 181 g/mol. The Balaban J connectivity index is 2.92. The van der Waals surface area contributed by atoms with E-state index in [-0.39, 0.29) is 0 Å². The third kappa shape index (κ3) is 3.44. The van der Waals surface area contributed by atoms with Gasteiger partial charge in [-0.25, -0.2) is 0 Å². The van der Waals surface area contributed by atoms with Crippen molar-refractivity contribution in [3.63, 3.8) is 0 Å². The maximum absolute atomic E-state index is 11.5. The van der Waals surface area contributed by atoms with Gasteiger partial charge >= 0.3 is 0 Å². The molecule has 0 fully saturated rings. The van der Waals surface area contributed by atoms with Crippen molar-refractivity contribution in [2.45, 2.75) is 6.16 Å². The van der Waals surface area contributed by atoms with E-state index in [1.807, 2.05) is 12.1 Å². The minimum Gasteiger partial charge on any atom is -0.324 e. The lowest BCUT2D eigenvalue weighted by Crippen LogP contribution is -1.86. The molecule has 2 nitrogen and oxygen atoms in total. The Morgan fingerprint density at radius 3 is 2.69 bits per heavy atom. The normalized spacial score (nSPS) is 10.8. The Morgan fingerprint density at radius 1 is 1.46 bits per heavy atom. The summed E-state index contributed by atoms with van der Waals surface area (Å²) < 4.78 is 11.5. The smallest absolute Gasteiger partial charge is 0.0991 e. The molecule has 0 radical (unpaired) electrons. The molecule has 0 spiro atoms. The van der Waals surface area contributed by atoms with Gasteiger partial charge in [0.1, 0.15) is 0 Å². The van der Waals surface area contributed by atoms with E-state index >= 15 is 0 Å². The number of nitrogens with zero attached hydrogens (tertiary/aromatic N) is 1. The lowest BCUT2D eigenvalue weighted by atomic mass is 10.2. The fraction of sp³-hybridized carbons (Fsp3) is 0.300. The molecule has 1 rings (SSSR count). The molecule has 0 aliphatic heterocycles. The van der Waals surface area contributed by atoms with Crippen LogP contribution in [0.3, 0.4) is 0 Å². The molecule has 0 heterocycles. The summed E-state index contributed by atoms with van der Waals surface area (Å²) in [4.78, 5) is 0. The van der Waals surface area contributed by atoms with E-state index in [0.717, 1.165) is 5.56 Å². The zero-order chi connectivity index (χ0) is 9.90. The molecule has 0 bridgehead atoms. The summed E-state index contributed by atoms with van der Waals surface area (Å²) in [6.07, 6.45) is 0.572. The predicted octanol–water partition coefficient (Wildman–Crippen LogP) is 2.68. The molecule has 0 N–H and O–H groups in total. The summed E-state index contributed by atoms with van der Waals surface area (Å²) in [5, 5.41) is 8.64. The van der Waals surface area contributed by atoms with Gasteiger partial charge in [0.05, 0.1) is 18.8 Å². The van der Waals surface area contributed by atoms with Crippen molar-refractivity contribution in [2.75, 3.05) is 13.3 Å². The third-order valence-electron chi connectivity index (χ3n) is 1.62. The monoisotopic (exact) mass is 193 g/mol. The molecule has 0 aliphatic rings. The van der Waals surface area contributed by atoms with Gasteiger partial charge in [0, 0.05) is 6.16 Å². The summed E-state index contributed by atoms with van der Waals surface area (Å²) in [6, 6.07) is 9.33. The van der Waals surface area contributed by atoms with Crippen LogP contribution in [0.4, 0.5) is 0 Å². The molecule has 1 aromatic carbocycles. The Kier molecular flexibility index (Phi) is 2.90. The van der Waals surface area contributed by atoms with Crippen LogP contribution in [0.15, 0.2) is 24.3 Å². The quantitative estimate of drug-likeness (QED) is 0.677. The van der Waals surface area contributed by atoms with Crippen molar-refractivity contribution >= 4 is 7.14 Å². The second-order valence-corrected chi connectivity index (χ2v) is 7.01. The Bertz CT molecular complexity index is 386. The second-order valence-electron chi connectivity index (χ2n) is 3.54. The third-order valence-corrected chi connectivity index (χ3v) is 2.75. The Hall–Kier alpha value is -1.06. The lowest BCUT2D eigenvalue weighted by molar-refractivity contribution is 0.582. The van der Waals surface area contributed by atoms with Crippen LogP contribution in [0, 0.1) is 11.3 Å². The fourth-order valence-electron chi connectivity index (χ4n) is 1.18. The van der Waals surface area contributed by atoms with Crippen LogP contribution < -0.4 is 0 Å². The van der Waals surface area contributed by atoms with Crippen LogP contribution in [0.5, 0.6) is 0 Å². The summed E-state index contributed by atoms with van der Waals surface area (Å²) in [6.45, 7) is 3.51. The van der Waals surface area contributed by atoms with Gasteiger partial charge in [-0.3, -0.25) is 0 Å². The molecule has 0 aliphatic carbocycles. The molecule has 13 heavy (non-hydrogen) atoms. The van der Waals surface area contributed by atoms with Crippen molar-refractivity contribution in [3.05, 3.63) is 35.4 Å². The van der Waals surface area contributed by atoms with Gasteiger partial charge in [-0.15, -0.1) is 0 Å². The number of hydrogen-bond acceptors (Lipinski definition) is 2. The summed E-state index contributed by atoms with van der Waals surface area (Å²) in [7, 11) is -2.03. The largest absolute Gasteiger partial charge is 0.324 e. The van der Waals surface area contributed by atoms with E-state index in [0.29, 0.717) is 11.7 Å². The van der Waals surface area contributed by atoms with E-state index in [9.17, 15) is 4.57 Å². The maximum Gasteiger partial charge on any atom is 0.0991 e. The van der Waals surface area contributed by atoms with Gasteiger partial charge in [0.15, 0.2) is 0 Å². The summed E-state index contributed by atoms with van der Waals surface area (Å²) >= 11 is 0. The molecule has 1 aromatic rings. The lowest BCUT2D eigenvalue weighted by Gasteiger charge is -2.05. The maximum atomic E-state index is 11.5. The van der Waals surface area contributed by atoms with Gasteiger partial charge in [0.25, 0.3) is 0 Å². The van der Waals surface area contributed by atoms with E-state index < -0.39 is 7.14 Å². The molecule has 0 atom stereocenters. The van der Waals surface area contributed by atoms with E-state index in [1.54, 1.807) is 25.5 Å². The molecule has 0 saturated carbocycles. The van der Waals surface area contributed by atoms with Crippen molar-refractivity contribution in [3.8, 4) is 6.07 Å². The first kappa shape index (κ1) is 10.0. The predicted molar refractivity (Wildman–Crippen MR) is 54.3 cm³/mol. The first-order chi connectivity index (χ1) is 6.01. The first-order valence-electron chi connectivity index (χ1n) is 4.04. The van der Waals surface area contributed by atoms with Gasteiger partial charge in [-0.1, -0.05) is 12.1 Å². The molecular formula is C10H12NOP. The van der Waals surface area contributed by atoms with Gasteiger partial charge in [0.2, 0.25) is 0 Å². The van der Waals surface area contributed by atoms with Crippen LogP contribution in [0.2, 0.25) is 0 Å². The minimum absolute atomic E-state index is 0.572. The van der Waals surface area contributed by atoms with E-state index in [1.165, 1.54) is 0 Å². The molecule has 68 valence electrons. The number of rotatable bonds is 2. The highest BCUT2D eigenvalue weighted by atomic mass is 31.2. The SMILES string of the molecule is CP(C)(=O)Cc1cccc(C#N)c1. The highest BCUT2D eigenvalue weighted by Crippen LogP contribution is 2.40. The number of hydrogen-bond donors (Lipinski definition) is 0. The molecule has 0 amide bonds. The van der Waals surface area contributed by atoms with Crippen LogP contribution in [-0.2, 0) is 10.7 Å². The van der Waals surface area contributed by atoms with Crippen LogP contribution in [0.25, 0.3) is 0 Å². The average molecular weight is 193 g/mol. The van der Waals surface area contributed by atoms with Crippen LogP contribution in [0.1, 0.15) is 11.1 Å². The number of benzene rings is 1. The zero-order valence-electron chi connectivity index (χ0n) is 7.82. The van der Waals surface area contributed by atoms with Crippen molar-refractivity contribution in [1.29, 1.82) is 5.26 Å². The Labute approximate surface area is 78.6 Å². The summed E-state index contributed by atoms with van der Waals surface area (Å²) in [5.74, 6) is 0. The van der Waals surface area contributed by atoms with Gasteiger partial charge in [-0.2, -0.15) is 5.26 Å². The van der Waals surface area contributed by atoms with Crippen molar-refractivity contribution in [1.82, 2.24) is 0 Å². The Morgan fingerprint density at radius 2 is 2.15 bits per heavy atom. The zero-order valence-corrected chi connectivity index (χ0v) is 8.71. The highest BCUT2D eigenvalue weighted by Gasteiger charge is 2.08. The molecule has 3 heteroatoms. The van der Waals surface area contributed by atoms with Crippen molar-refractivity contribution in [2.24, 2.45) is 0 Å². The molecule has 0 unspecified atom stereocenters. The number of nitriles is 1. The average Bonchev–Trinajstić information content (AvgIpc) is 2.01. The van der Waals surface area contributed by atoms with E-state index in [2.05, 4.69) is 6.07 Å². The van der Waals surface area contributed by atoms with Crippen LogP contribution >= 0.6 is 7.14 Å². The van der Waals surface area contributed by atoms with E-state index in [4.69, 9.17) is 5.26 Å². The van der Waals surface area contributed by atoms with Gasteiger partial charge < -0.3 is 4.57 Å². The standard InChI is InChI=1S/C10H12NOP/c1-13(2,12)8-10-5-3-4-9(6-10)7-11/h3-6H,8H2,1-2H3. The topological polar surface area (TPSA) is 40.9 Å². The molecule has 0 aromatic heterocycles. The minimum atomic E-state index is -2.03. The molecule has 0 saturated heterocycles. The van der Waals surface area contributed by atoms with Crippen molar-refractivity contribution < 1.29 is 4.57 Å². The second kappa shape index (κ2) is 3.77. The highest BCUT2D eigenvalue weighted by molar-refractivity contribution is 7.61. The first-order valence-corrected chi connectivity index (χ1v) is 6.83. The fourth-order valence-corrected chi connectivity index (χ4v) is 2.25. The van der Waals surface area contributed by atoms with Crippen LogP contribution in [-0.4, -0.2) is 13.3 Å². The van der Waals surface area contributed by atoms with Gasteiger partial charge in [-0.05, 0) is 31.0 Å².